The van der Waals surface area contributed by atoms with Gasteiger partial charge in [0.1, 0.15) is 17.7 Å². The maximum Gasteiger partial charge on any atom is 0.141 e. The van der Waals surface area contributed by atoms with Crippen molar-refractivity contribution in [1.29, 1.82) is 5.26 Å². The molecule has 0 aliphatic heterocycles. The lowest BCUT2D eigenvalue weighted by molar-refractivity contribution is 0.628. The Balaban J connectivity index is 2.17. The van der Waals surface area contributed by atoms with Gasteiger partial charge in [-0.3, -0.25) is 4.98 Å². The van der Waals surface area contributed by atoms with E-state index in [9.17, 15) is 9.65 Å². The molecule has 0 atom stereocenters. The first-order valence-electron chi connectivity index (χ1n) is 6.25. The van der Waals surface area contributed by atoms with Gasteiger partial charge in [0.2, 0.25) is 0 Å². The summed E-state index contributed by atoms with van der Waals surface area (Å²) in [6.45, 7) is 0. The fourth-order valence-corrected chi connectivity index (χ4v) is 2.23. The molecular formula is C15H9ClFN5. The molecule has 22 heavy (non-hydrogen) atoms. The Kier molecular flexibility index (Phi) is 3.49. The van der Waals surface area contributed by atoms with Crippen molar-refractivity contribution >= 4 is 39.7 Å². The van der Waals surface area contributed by atoms with Crippen LogP contribution in [0.15, 0.2) is 36.7 Å². The number of rotatable bonds is 2. The van der Waals surface area contributed by atoms with Gasteiger partial charge in [0.05, 0.1) is 28.0 Å². The number of hydrogen-bond donors (Lipinski definition) is 2. The summed E-state index contributed by atoms with van der Waals surface area (Å²) < 4.78 is 13.2. The van der Waals surface area contributed by atoms with Crippen LogP contribution < -0.4 is 11.1 Å². The minimum Gasteiger partial charge on any atom is -0.384 e. The van der Waals surface area contributed by atoms with Crippen molar-refractivity contribution in [1.82, 2.24) is 9.97 Å². The first kappa shape index (κ1) is 14.0. The number of nitrogens with zero attached hydrogens (tertiary/aromatic N) is 3. The van der Waals surface area contributed by atoms with Crippen LogP contribution in [-0.2, 0) is 0 Å². The molecule has 5 nitrogen and oxygen atoms in total. The summed E-state index contributed by atoms with van der Waals surface area (Å²) in [5.41, 5.74) is 7.69. The standard InChI is InChI=1S/C15H9ClFN5/c16-11-3-9(1-2-12(11)17)22-15-8(5-18)6-20-13-7-21-14(19)4-10(13)15/h1-4,6-7H,(H2,19,21)(H,20,22). The molecule has 7 heteroatoms. The number of nitrogens with one attached hydrogen (secondary N) is 1. The van der Waals surface area contributed by atoms with E-state index in [4.69, 9.17) is 17.3 Å². The maximum atomic E-state index is 13.2. The van der Waals surface area contributed by atoms with Crippen LogP contribution in [0, 0.1) is 17.1 Å². The number of aromatic nitrogens is 2. The number of halogens is 2. The van der Waals surface area contributed by atoms with Crippen molar-refractivity contribution in [3.05, 3.63) is 53.1 Å². The molecule has 1 aromatic carbocycles. The van der Waals surface area contributed by atoms with Crippen LogP contribution in [0.1, 0.15) is 5.56 Å². The minimum atomic E-state index is -0.513. The highest BCUT2D eigenvalue weighted by molar-refractivity contribution is 6.31. The van der Waals surface area contributed by atoms with E-state index in [2.05, 4.69) is 21.4 Å². The average Bonchev–Trinajstić information content (AvgIpc) is 2.51. The molecule has 0 bridgehead atoms. The molecule has 0 saturated carbocycles. The molecule has 3 aromatic rings. The van der Waals surface area contributed by atoms with Gasteiger partial charge in [0.25, 0.3) is 0 Å². The molecule has 0 radical (unpaired) electrons. The first-order valence-corrected chi connectivity index (χ1v) is 6.62. The summed E-state index contributed by atoms with van der Waals surface area (Å²) in [4.78, 5) is 8.13. The number of fused-ring (bicyclic) bond motifs is 1. The quantitative estimate of drug-likeness (QED) is 0.754. The molecule has 0 unspecified atom stereocenters. The van der Waals surface area contributed by atoms with Gasteiger partial charge in [0.15, 0.2) is 0 Å². The fourth-order valence-electron chi connectivity index (χ4n) is 2.05. The van der Waals surface area contributed by atoms with E-state index in [1.54, 1.807) is 6.07 Å². The maximum absolute atomic E-state index is 13.2. The Morgan fingerprint density at radius 2 is 2.05 bits per heavy atom. The van der Waals surface area contributed by atoms with Crippen LogP contribution in [-0.4, -0.2) is 9.97 Å². The smallest absolute Gasteiger partial charge is 0.141 e. The van der Waals surface area contributed by atoms with E-state index >= 15 is 0 Å². The molecule has 0 spiro atoms. The Morgan fingerprint density at radius 3 is 2.77 bits per heavy atom. The van der Waals surface area contributed by atoms with E-state index in [-0.39, 0.29) is 5.02 Å². The predicted molar refractivity (Wildman–Crippen MR) is 83.4 cm³/mol. The van der Waals surface area contributed by atoms with Crippen LogP contribution in [0.25, 0.3) is 10.9 Å². The second kappa shape index (κ2) is 5.47. The van der Waals surface area contributed by atoms with Crippen molar-refractivity contribution in [2.75, 3.05) is 11.1 Å². The summed E-state index contributed by atoms with van der Waals surface area (Å²) in [6.07, 6.45) is 2.96. The van der Waals surface area contributed by atoms with E-state index in [0.29, 0.717) is 33.7 Å². The minimum absolute atomic E-state index is 0.0111. The molecule has 2 aromatic heterocycles. The highest BCUT2D eigenvalue weighted by Gasteiger charge is 2.11. The van der Waals surface area contributed by atoms with Crippen molar-refractivity contribution in [2.24, 2.45) is 0 Å². The number of anilines is 3. The molecule has 108 valence electrons. The lowest BCUT2D eigenvalue weighted by Crippen LogP contribution is -1.99. The molecule has 0 aliphatic rings. The van der Waals surface area contributed by atoms with Crippen molar-refractivity contribution in [3.63, 3.8) is 0 Å². The highest BCUT2D eigenvalue weighted by Crippen LogP contribution is 2.30. The second-order valence-electron chi connectivity index (χ2n) is 4.54. The highest BCUT2D eigenvalue weighted by atomic mass is 35.5. The number of benzene rings is 1. The van der Waals surface area contributed by atoms with Crippen LogP contribution in [0.4, 0.5) is 21.6 Å². The molecule has 0 fully saturated rings. The third-order valence-electron chi connectivity index (χ3n) is 3.08. The van der Waals surface area contributed by atoms with E-state index < -0.39 is 5.82 Å². The number of pyridine rings is 2. The Labute approximate surface area is 130 Å². The average molecular weight is 314 g/mol. The summed E-state index contributed by atoms with van der Waals surface area (Å²) >= 11 is 5.77. The van der Waals surface area contributed by atoms with Crippen LogP contribution >= 0.6 is 11.6 Å². The summed E-state index contributed by atoms with van der Waals surface area (Å²) in [5, 5.41) is 13.0. The van der Waals surface area contributed by atoms with Gasteiger partial charge in [-0.05, 0) is 24.3 Å². The van der Waals surface area contributed by atoms with Crippen molar-refractivity contribution < 1.29 is 4.39 Å². The molecule has 3 N–H and O–H groups in total. The molecule has 3 rings (SSSR count). The van der Waals surface area contributed by atoms with Gasteiger partial charge in [-0.25, -0.2) is 9.37 Å². The van der Waals surface area contributed by atoms with Gasteiger partial charge in [-0.1, -0.05) is 11.6 Å². The third kappa shape index (κ3) is 2.50. The number of nitrogen functional groups attached to an aromatic ring is 1. The first-order chi connectivity index (χ1) is 10.6. The fraction of sp³-hybridized carbons (Fsp3) is 0. The number of nitrogens with two attached hydrogens (primary N) is 1. The number of hydrogen-bond acceptors (Lipinski definition) is 5. The SMILES string of the molecule is N#Cc1cnc2cnc(N)cc2c1Nc1ccc(F)c(Cl)c1. The van der Waals surface area contributed by atoms with Gasteiger partial charge < -0.3 is 11.1 Å². The lowest BCUT2D eigenvalue weighted by Gasteiger charge is -2.12. The molecule has 0 saturated heterocycles. The molecular weight excluding hydrogens is 305 g/mol. The Bertz CT molecular complexity index is 920. The number of nitriles is 1. The zero-order valence-electron chi connectivity index (χ0n) is 11.1. The predicted octanol–water partition coefficient (Wildman–Crippen LogP) is 3.62. The monoisotopic (exact) mass is 313 g/mol. The van der Waals surface area contributed by atoms with Crippen LogP contribution in [0.5, 0.6) is 0 Å². The van der Waals surface area contributed by atoms with Gasteiger partial charge >= 0.3 is 0 Å². The topological polar surface area (TPSA) is 87.6 Å². The van der Waals surface area contributed by atoms with Crippen molar-refractivity contribution in [2.45, 2.75) is 0 Å². The van der Waals surface area contributed by atoms with Gasteiger partial charge in [-0.2, -0.15) is 5.26 Å². The van der Waals surface area contributed by atoms with E-state index in [0.717, 1.165) is 0 Å². The van der Waals surface area contributed by atoms with Gasteiger partial charge in [0, 0.05) is 17.3 Å². The van der Waals surface area contributed by atoms with Crippen molar-refractivity contribution in [3.8, 4) is 6.07 Å². The summed E-state index contributed by atoms with van der Waals surface area (Å²) in [6, 6.07) is 7.89. The third-order valence-corrected chi connectivity index (χ3v) is 3.37. The Morgan fingerprint density at radius 1 is 1.23 bits per heavy atom. The summed E-state index contributed by atoms with van der Waals surface area (Å²) in [5.74, 6) is -0.203. The zero-order chi connectivity index (χ0) is 15.7. The molecule has 0 aliphatic carbocycles. The van der Waals surface area contributed by atoms with Gasteiger partial charge in [-0.15, -0.1) is 0 Å². The van der Waals surface area contributed by atoms with E-state index in [1.807, 2.05) is 0 Å². The molecule has 0 amide bonds. The summed E-state index contributed by atoms with van der Waals surface area (Å²) in [7, 11) is 0. The Hall–Kier alpha value is -2.91. The lowest BCUT2D eigenvalue weighted by atomic mass is 10.1. The van der Waals surface area contributed by atoms with Crippen LogP contribution in [0.2, 0.25) is 5.02 Å². The van der Waals surface area contributed by atoms with Crippen LogP contribution in [0.3, 0.4) is 0 Å². The normalized spacial score (nSPS) is 10.4. The largest absolute Gasteiger partial charge is 0.384 e. The van der Waals surface area contributed by atoms with E-state index in [1.165, 1.54) is 30.6 Å². The second-order valence-corrected chi connectivity index (χ2v) is 4.95. The molecule has 2 heterocycles. The zero-order valence-corrected chi connectivity index (χ0v) is 11.9.